The number of H-pyrrole nitrogens is 1. The molecule has 4 rings (SSSR count). The molecular weight excluding hydrogens is 491 g/mol. The maximum absolute atomic E-state index is 12.0. The Morgan fingerprint density at radius 1 is 1.25 bits per heavy atom. The van der Waals surface area contributed by atoms with E-state index in [0.29, 0.717) is 20.0 Å². The Balaban J connectivity index is 1.38. The Hall–Kier alpha value is -2.79. The van der Waals surface area contributed by atoms with E-state index in [0.717, 1.165) is 16.2 Å². The van der Waals surface area contributed by atoms with E-state index in [1.165, 1.54) is 24.0 Å². The number of phenolic OH excluding ortho intramolecular Hbond substituents is 1. The van der Waals surface area contributed by atoms with Crippen LogP contribution in [0.2, 0.25) is 0 Å². The molecule has 0 saturated heterocycles. The summed E-state index contributed by atoms with van der Waals surface area (Å²) in [5.41, 5.74) is 4.57. The van der Waals surface area contributed by atoms with Crippen molar-refractivity contribution in [2.24, 2.45) is 5.10 Å². The minimum atomic E-state index is -0.425. The molecule has 0 atom stereocenters. The zero-order chi connectivity index (χ0) is 19.5. The fourth-order valence-electron chi connectivity index (χ4n) is 2.40. The number of carbonyl (C=O) groups excluding carboxylic acids is 1. The molecular formula is C19H13IN4O3S. The van der Waals surface area contributed by atoms with Crippen molar-refractivity contribution in [1.29, 1.82) is 0 Å². The highest BCUT2D eigenvalue weighted by Crippen LogP contribution is 2.28. The zero-order valence-electron chi connectivity index (χ0n) is 14.2. The Labute approximate surface area is 177 Å². The van der Waals surface area contributed by atoms with E-state index in [1.54, 1.807) is 24.3 Å². The molecule has 2 aromatic carbocycles. The van der Waals surface area contributed by atoms with Gasteiger partial charge in [0.2, 0.25) is 0 Å². The molecule has 0 bridgehead atoms. The largest absolute Gasteiger partial charge is 0.507 e. The molecule has 0 aliphatic heterocycles. The summed E-state index contributed by atoms with van der Waals surface area (Å²) in [6.07, 6.45) is 1.41. The minimum Gasteiger partial charge on any atom is -0.507 e. The van der Waals surface area contributed by atoms with Gasteiger partial charge in [0.25, 0.3) is 5.91 Å². The number of para-hydroxylation sites is 2. The molecule has 1 amide bonds. The van der Waals surface area contributed by atoms with Gasteiger partial charge >= 0.3 is 0 Å². The first-order valence-electron chi connectivity index (χ1n) is 8.13. The van der Waals surface area contributed by atoms with Crippen LogP contribution in [0.15, 0.2) is 74.4 Å². The van der Waals surface area contributed by atoms with Crippen molar-refractivity contribution in [1.82, 2.24) is 15.4 Å². The maximum Gasteiger partial charge on any atom is 0.271 e. The van der Waals surface area contributed by atoms with Crippen LogP contribution >= 0.6 is 34.4 Å². The number of aromatic nitrogens is 2. The molecule has 0 radical (unpaired) electrons. The second-order valence-corrected chi connectivity index (χ2v) is 7.84. The third-order valence-electron chi connectivity index (χ3n) is 3.73. The number of aromatic amines is 1. The first-order valence-corrected chi connectivity index (χ1v) is 10.0. The van der Waals surface area contributed by atoms with Crippen molar-refractivity contribution in [3.63, 3.8) is 0 Å². The van der Waals surface area contributed by atoms with Crippen molar-refractivity contribution in [2.75, 3.05) is 0 Å². The molecule has 0 spiro atoms. The number of nitrogens with one attached hydrogen (secondary N) is 2. The fourth-order valence-corrected chi connectivity index (χ4v) is 3.51. The van der Waals surface area contributed by atoms with Crippen LogP contribution in [0.5, 0.6) is 5.75 Å². The lowest BCUT2D eigenvalue weighted by Gasteiger charge is -2.01. The van der Waals surface area contributed by atoms with Gasteiger partial charge in [-0.25, -0.2) is 10.4 Å². The quantitative estimate of drug-likeness (QED) is 0.213. The molecule has 0 fully saturated rings. The molecule has 0 unspecified atom stereocenters. The van der Waals surface area contributed by atoms with Crippen LogP contribution in [0, 0.1) is 3.57 Å². The summed E-state index contributed by atoms with van der Waals surface area (Å²) in [5.74, 6) is 0.117. The average Bonchev–Trinajstić information content (AvgIpc) is 3.30. The van der Waals surface area contributed by atoms with Crippen LogP contribution in [0.25, 0.3) is 11.0 Å². The number of rotatable bonds is 5. The number of amides is 1. The van der Waals surface area contributed by atoms with Gasteiger partial charge in [-0.1, -0.05) is 12.1 Å². The number of hydrogen-bond donors (Lipinski definition) is 3. The Morgan fingerprint density at radius 3 is 2.93 bits per heavy atom. The normalized spacial score (nSPS) is 11.3. The van der Waals surface area contributed by atoms with Crippen molar-refractivity contribution >= 4 is 57.5 Å². The van der Waals surface area contributed by atoms with Crippen LogP contribution in [0.1, 0.15) is 16.1 Å². The second kappa shape index (κ2) is 8.07. The lowest BCUT2D eigenvalue weighted by molar-refractivity contribution is 0.0954. The van der Waals surface area contributed by atoms with Gasteiger partial charge in [-0.3, -0.25) is 4.79 Å². The molecule has 9 heteroatoms. The van der Waals surface area contributed by atoms with E-state index >= 15 is 0 Å². The van der Waals surface area contributed by atoms with E-state index < -0.39 is 5.91 Å². The van der Waals surface area contributed by atoms with Crippen molar-refractivity contribution in [3.8, 4) is 5.75 Å². The number of hydrogen-bond acceptors (Lipinski definition) is 6. The Bertz CT molecular complexity index is 1150. The molecule has 3 N–H and O–H groups in total. The highest BCUT2D eigenvalue weighted by Gasteiger charge is 2.09. The van der Waals surface area contributed by atoms with Crippen molar-refractivity contribution in [2.45, 2.75) is 10.2 Å². The lowest BCUT2D eigenvalue weighted by Crippen LogP contribution is -2.17. The average molecular weight is 504 g/mol. The molecule has 4 aromatic rings. The van der Waals surface area contributed by atoms with Crippen LogP contribution in [0.3, 0.4) is 0 Å². The summed E-state index contributed by atoms with van der Waals surface area (Å²) >= 11 is 3.35. The van der Waals surface area contributed by atoms with Gasteiger partial charge in [0.1, 0.15) is 11.5 Å². The minimum absolute atomic E-state index is 0.0514. The van der Waals surface area contributed by atoms with Gasteiger partial charge in [-0.05, 0) is 76.8 Å². The summed E-state index contributed by atoms with van der Waals surface area (Å²) in [6.45, 7) is 0. The van der Waals surface area contributed by atoms with E-state index in [9.17, 15) is 9.90 Å². The van der Waals surface area contributed by atoms with Gasteiger partial charge in [0.15, 0.2) is 10.2 Å². The topological polar surface area (TPSA) is 104 Å². The summed E-state index contributed by atoms with van der Waals surface area (Å²) in [4.78, 5) is 19.7. The van der Waals surface area contributed by atoms with Gasteiger partial charge in [-0.2, -0.15) is 5.10 Å². The Kier molecular flexibility index (Phi) is 5.35. The monoisotopic (exact) mass is 504 g/mol. The first kappa shape index (κ1) is 18.6. The van der Waals surface area contributed by atoms with E-state index in [4.69, 9.17) is 4.42 Å². The highest BCUT2D eigenvalue weighted by atomic mass is 127. The number of furan rings is 1. The third kappa shape index (κ3) is 4.20. The summed E-state index contributed by atoms with van der Waals surface area (Å²) in [6, 6.07) is 16.0. The molecule has 2 aromatic heterocycles. The van der Waals surface area contributed by atoms with Crippen LogP contribution < -0.4 is 5.43 Å². The predicted molar refractivity (Wildman–Crippen MR) is 115 cm³/mol. The fraction of sp³-hybridized carbons (Fsp3) is 0. The number of halogens is 1. The predicted octanol–water partition coefficient (Wildman–Crippen LogP) is 4.38. The zero-order valence-corrected chi connectivity index (χ0v) is 17.2. The third-order valence-corrected chi connectivity index (χ3v) is 5.45. The van der Waals surface area contributed by atoms with Gasteiger partial charge < -0.3 is 14.5 Å². The molecule has 140 valence electrons. The van der Waals surface area contributed by atoms with E-state index in [2.05, 4.69) is 20.5 Å². The van der Waals surface area contributed by atoms with Crippen LogP contribution in [-0.2, 0) is 0 Å². The summed E-state index contributed by atoms with van der Waals surface area (Å²) in [5, 5.41) is 14.9. The molecule has 0 aliphatic rings. The highest BCUT2D eigenvalue weighted by molar-refractivity contribution is 14.1. The second-order valence-electron chi connectivity index (χ2n) is 5.68. The number of hydrazone groups is 1. The number of imidazole rings is 1. The number of aromatic hydroxyl groups is 1. The number of carbonyl (C=O) groups is 1. The number of nitrogens with zero attached hydrogens (tertiary/aromatic N) is 2. The standard InChI is InChI=1S/C19H13IN4O3S/c20-13-7-5-11(9-16(13)25)18(26)24-21-10-12-6-8-17(27-12)28-19-22-14-3-1-2-4-15(14)23-19/h1-10,25H,(H,22,23)(H,24,26)/b21-10-. The Morgan fingerprint density at radius 2 is 2.11 bits per heavy atom. The number of benzene rings is 2. The molecule has 0 saturated carbocycles. The summed E-state index contributed by atoms with van der Waals surface area (Å²) < 4.78 is 6.34. The van der Waals surface area contributed by atoms with Crippen molar-refractivity contribution < 1.29 is 14.3 Å². The SMILES string of the molecule is O=C(N/N=C\c1ccc(Sc2nc3ccccc3[nH]2)o1)c1ccc(I)c(O)c1. The van der Waals surface area contributed by atoms with E-state index in [1.807, 2.05) is 46.9 Å². The van der Waals surface area contributed by atoms with Gasteiger partial charge in [0, 0.05) is 5.56 Å². The maximum atomic E-state index is 12.0. The lowest BCUT2D eigenvalue weighted by atomic mass is 10.2. The van der Waals surface area contributed by atoms with Gasteiger partial charge in [-0.15, -0.1) is 0 Å². The smallest absolute Gasteiger partial charge is 0.271 e. The molecule has 2 heterocycles. The van der Waals surface area contributed by atoms with Crippen LogP contribution in [0.4, 0.5) is 0 Å². The molecule has 0 aliphatic carbocycles. The first-order chi connectivity index (χ1) is 13.6. The van der Waals surface area contributed by atoms with Crippen molar-refractivity contribution in [3.05, 3.63) is 69.5 Å². The van der Waals surface area contributed by atoms with E-state index in [-0.39, 0.29) is 5.75 Å². The summed E-state index contributed by atoms with van der Waals surface area (Å²) in [7, 11) is 0. The number of fused-ring (bicyclic) bond motifs is 1. The van der Waals surface area contributed by atoms with Crippen LogP contribution in [-0.4, -0.2) is 27.2 Å². The molecule has 28 heavy (non-hydrogen) atoms. The van der Waals surface area contributed by atoms with Gasteiger partial charge in [0.05, 0.1) is 20.8 Å². The number of phenols is 1. The molecule has 7 nitrogen and oxygen atoms in total.